The molecule has 1 saturated heterocycles. The minimum Gasteiger partial charge on any atom is -0.345 e. The fourth-order valence-electron chi connectivity index (χ4n) is 4.05. The molecular weight excluding hydrogens is 342 g/mol. The van der Waals surface area contributed by atoms with Crippen LogP contribution in [0.3, 0.4) is 0 Å². The molecule has 140 valence electrons. The van der Waals surface area contributed by atoms with Gasteiger partial charge in [-0.15, -0.1) is 0 Å². The highest BCUT2D eigenvalue weighted by Gasteiger charge is 2.30. The van der Waals surface area contributed by atoms with Gasteiger partial charge in [-0.1, -0.05) is 17.3 Å². The van der Waals surface area contributed by atoms with Gasteiger partial charge in [-0.2, -0.15) is 10.1 Å². The Morgan fingerprint density at radius 2 is 2.04 bits per heavy atom. The van der Waals surface area contributed by atoms with E-state index in [0.29, 0.717) is 17.8 Å². The number of fused-ring (bicyclic) bond motifs is 1. The number of piperidine rings is 1. The van der Waals surface area contributed by atoms with E-state index in [1.807, 2.05) is 12.3 Å². The SMILES string of the molecule is CC(C1CC1)n1ncc2ccc(-c3noc(C4CCN(C=O)CC4)n3)cc21. The number of amides is 1. The van der Waals surface area contributed by atoms with Crippen molar-refractivity contribution in [2.75, 3.05) is 13.1 Å². The first-order chi connectivity index (χ1) is 13.2. The molecule has 2 aliphatic rings. The number of hydrogen-bond acceptors (Lipinski definition) is 5. The molecule has 0 spiro atoms. The second kappa shape index (κ2) is 6.48. The predicted octanol–water partition coefficient (Wildman–Crippen LogP) is 3.39. The highest BCUT2D eigenvalue weighted by atomic mass is 16.5. The number of likely N-dealkylation sites (tertiary alicyclic amines) is 1. The zero-order valence-corrected chi connectivity index (χ0v) is 15.4. The average molecular weight is 365 g/mol. The summed E-state index contributed by atoms with van der Waals surface area (Å²) in [5, 5.41) is 9.95. The van der Waals surface area contributed by atoms with E-state index in [2.05, 4.69) is 39.0 Å². The molecular formula is C20H23N5O2. The van der Waals surface area contributed by atoms with Crippen LogP contribution in [0.4, 0.5) is 0 Å². The maximum atomic E-state index is 10.9. The summed E-state index contributed by atoms with van der Waals surface area (Å²) in [7, 11) is 0. The molecule has 1 aliphatic carbocycles. The third-order valence-electron chi connectivity index (χ3n) is 6.02. The molecule has 2 aromatic heterocycles. The summed E-state index contributed by atoms with van der Waals surface area (Å²) in [6.45, 7) is 3.74. The minimum absolute atomic E-state index is 0.228. The van der Waals surface area contributed by atoms with Crippen LogP contribution in [-0.4, -0.2) is 44.3 Å². The Hall–Kier alpha value is -2.70. The Morgan fingerprint density at radius 3 is 2.78 bits per heavy atom. The van der Waals surface area contributed by atoms with Gasteiger partial charge >= 0.3 is 0 Å². The first-order valence-corrected chi connectivity index (χ1v) is 9.73. The van der Waals surface area contributed by atoms with E-state index >= 15 is 0 Å². The van der Waals surface area contributed by atoms with Gasteiger partial charge < -0.3 is 9.42 Å². The molecule has 0 bridgehead atoms. The zero-order chi connectivity index (χ0) is 18.4. The molecule has 7 heteroatoms. The van der Waals surface area contributed by atoms with E-state index in [1.165, 1.54) is 12.8 Å². The lowest BCUT2D eigenvalue weighted by Gasteiger charge is -2.26. The van der Waals surface area contributed by atoms with Crippen LogP contribution in [0.1, 0.15) is 50.5 Å². The molecule has 3 aromatic rings. The fraction of sp³-hybridized carbons (Fsp3) is 0.500. The molecule has 1 aliphatic heterocycles. The van der Waals surface area contributed by atoms with Crippen LogP contribution in [0.2, 0.25) is 0 Å². The number of hydrogen-bond donors (Lipinski definition) is 0. The number of carbonyl (C=O) groups excluding carboxylic acids is 1. The Kier molecular flexibility index (Phi) is 3.95. The molecule has 7 nitrogen and oxygen atoms in total. The van der Waals surface area contributed by atoms with E-state index in [0.717, 1.165) is 54.7 Å². The van der Waals surface area contributed by atoms with Crippen molar-refractivity contribution in [1.29, 1.82) is 0 Å². The second-order valence-electron chi connectivity index (χ2n) is 7.81. The summed E-state index contributed by atoms with van der Waals surface area (Å²) < 4.78 is 7.69. The van der Waals surface area contributed by atoms with Crippen LogP contribution in [-0.2, 0) is 4.79 Å². The Morgan fingerprint density at radius 1 is 1.22 bits per heavy atom. The van der Waals surface area contributed by atoms with Gasteiger partial charge in [-0.3, -0.25) is 9.48 Å². The molecule has 5 rings (SSSR count). The first kappa shape index (κ1) is 16.5. The lowest BCUT2D eigenvalue weighted by Crippen LogP contribution is -2.31. The topological polar surface area (TPSA) is 77.0 Å². The van der Waals surface area contributed by atoms with Gasteiger partial charge in [0.05, 0.1) is 17.8 Å². The summed E-state index contributed by atoms with van der Waals surface area (Å²) in [5.41, 5.74) is 2.07. The van der Waals surface area contributed by atoms with Crippen molar-refractivity contribution < 1.29 is 9.32 Å². The summed E-state index contributed by atoms with van der Waals surface area (Å²) in [6.07, 6.45) is 7.16. The van der Waals surface area contributed by atoms with Crippen LogP contribution < -0.4 is 0 Å². The van der Waals surface area contributed by atoms with E-state index in [9.17, 15) is 4.79 Å². The van der Waals surface area contributed by atoms with Crippen molar-refractivity contribution >= 4 is 17.3 Å². The molecule has 0 N–H and O–H groups in total. The average Bonchev–Trinajstić information content (AvgIpc) is 3.29. The second-order valence-corrected chi connectivity index (χ2v) is 7.81. The zero-order valence-electron chi connectivity index (χ0n) is 15.4. The molecule has 1 atom stereocenters. The van der Waals surface area contributed by atoms with Gasteiger partial charge in [-0.25, -0.2) is 0 Å². The minimum atomic E-state index is 0.228. The Bertz CT molecular complexity index is 966. The van der Waals surface area contributed by atoms with Crippen molar-refractivity contribution in [2.45, 2.75) is 44.6 Å². The summed E-state index contributed by atoms with van der Waals surface area (Å²) in [5.74, 6) is 2.27. The van der Waals surface area contributed by atoms with Crippen LogP contribution in [0.15, 0.2) is 28.9 Å². The van der Waals surface area contributed by atoms with Crippen molar-refractivity contribution in [2.24, 2.45) is 5.92 Å². The van der Waals surface area contributed by atoms with Gasteiger partial charge in [0.15, 0.2) is 0 Å². The van der Waals surface area contributed by atoms with Crippen LogP contribution in [0.25, 0.3) is 22.3 Å². The van der Waals surface area contributed by atoms with Crippen LogP contribution in [0, 0.1) is 5.92 Å². The third-order valence-corrected chi connectivity index (χ3v) is 6.02. The summed E-state index contributed by atoms with van der Waals surface area (Å²) >= 11 is 0. The van der Waals surface area contributed by atoms with Crippen molar-refractivity contribution in [3.63, 3.8) is 0 Å². The Labute approximate surface area is 157 Å². The van der Waals surface area contributed by atoms with E-state index in [-0.39, 0.29) is 5.92 Å². The molecule has 1 unspecified atom stereocenters. The molecule has 2 fully saturated rings. The van der Waals surface area contributed by atoms with Crippen molar-refractivity contribution in [3.05, 3.63) is 30.3 Å². The lowest BCUT2D eigenvalue weighted by atomic mass is 9.97. The quantitative estimate of drug-likeness (QED) is 0.648. The normalized spacial score (nSPS) is 19.5. The van der Waals surface area contributed by atoms with Crippen LogP contribution in [0.5, 0.6) is 0 Å². The van der Waals surface area contributed by atoms with Crippen molar-refractivity contribution in [1.82, 2.24) is 24.8 Å². The lowest BCUT2D eigenvalue weighted by molar-refractivity contribution is -0.119. The van der Waals surface area contributed by atoms with E-state index in [1.54, 1.807) is 4.90 Å². The Balaban J connectivity index is 1.41. The number of carbonyl (C=O) groups is 1. The number of nitrogens with zero attached hydrogens (tertiary/aromatic N) is 5. The maximum Gasteiger partial charge on any atom is 0.230 e. The monoisotopic (exact) mass is 365 g/mol. The van der Waals surface area contributed by atoms with Gasteiger partial charge in [0.25, 0.3) is 0 Å². The van der Waals surface area contributed by atoms with Crippen LogP contribution >= 0.6 is 0 Å². The maximum absolute atomic E-state index is 10.9. The highest BCUT2D eigenvalue weighted by molar-refractivity contribution is 5.83. The smallest absolute Gasteiger partial charge is 0.230 e. The predicted molar refractivity (Wildman–Crippen MR) is 100 cm³/mol. The molecule has 0 radical (unpaired) electrons. The van der Waals surface area contributed by atoms with Gasteiger partial charge in [0.2, 0.25) is 18.1 Å². The summed E-state index contributed by atoms with van der Waals surface area (Å²) in [4.78, 5) is 17.3. The highest BCUT2D eigenvalue weighted by Crippen LogP contribution is 2.40. The van der Waals surface area contributed by atoms with E-state index < -0.39 is 0 Å². The number of benzene rings is 1. The van der Waals surface area contributed by atoms with E-state index in [4.69, 9.17) is 4.52 Å². The molecule has 27 heavy (non-hydrogen) atoms. The van der Waals surface area contributed by atoms with Gasteiger partial charge in [0, 0.05) is 30.0 Å². The largest absolute Gasteiger partial charge is 0.345 e. The molecule has 1 saturated carbocycles. The number of aromatic nitrogens is 4. The van der Waals surface area contributed by atoms with Gasteiger partial charge in [0.1, 0.15) is 0 Å². The summed E-state index contributed by atoms with van der Waals surface area (Å²) in [6, 6.07) is 6.64. The fourth-order valence-corrected chi connectivity index (χ4v) is 4.05. The molecule has 1 aromatic carbocycles. The third kappa shape index (κ3) is 3.01. The van der Waals surface area contributed by atoms with Crippen molar-refractivity contribution in [3.8, 4) is 11.4 Å². The standard InChI is InChI=1S/C20H23N5O2/c1-13(14-2-3-14)25-18-10-16(4-5-17(18)11-21-25)19-22-20(27-23-19)15-6-8-24(12-26)9-7-15/h4-5,10-15H,2-3,6-9H2,1H3. The first-order valence-electron chi connectivity index (χ1n) is 9.73. The van der Waals surface area contributed by atoms with Gasteiger partial charge in [-0.05, 0) is 44.6 Å². The number of rotatable bonds is 5. The molecule has 3 heterocycles. The molecule has 1 amide bonds.